The number of sulfone groups is 1. The van der Waals surface area contributed by atoms with Crippen molar-refractivity contribution >= 4 is 9.84 Å². The molecule has 0 spiro atoms. The summed E-state index contributed by atoms with van der Waals surface area (Å²) in [7, 11) is -3.53. The summed E-state index contributed by atoms with van der Waals surface area (Å²) in [5, 5.41) is 7.65. The maximum absolute atomic E-state index is 12.5. The predicted molar refractivity (Wildman–Crippen MR) is 86.4 cm³/mol. The lowest BCUT2D eigenvalue weighted by Gasteiger charge is -2.11. The summed E-state index contributed by atoms with van der Waals surface area (Å²) < 4.78 is 36.0. The number of hydrogen-bond acceptors (Lipinski definition) is 6. The van der Waals surface area contributed by atoms with Crippen LogP contribution in [0.25, 0.3) is 0 Å². The maximum atomic E-state index is 12.5. The number of nitrogens with zero attached hydrogens (tertiary/aromatic N) is 2. The van der Waals surface area contributed by atoms with Gasteiger partial charge < -0.3 is 9.15 Å². The van der Waals surface area contributed by atoms with E-state index >= 15 is 0 Å². The van der Waals surface area contributed by atoms with Crippen LogP contribution in [0, 0.1) is 6.92 Å². The minimum atomic E-state index is -3.53. The van der Waals surface area contributed by atoms with E-state index < -0.39 is 15.9 Å². The third-order valence-corrected chi connectivity index (χ3v) is 5.18. The lowest BCUT2D eigenvalue weighted by molar-refractivity contribution is 0.187. The van der Waals surface area contributed by atoms with Gasteiger partial charge in [-0.15, -0.1) is 10.2 Å². The fourth-order valence-electron chi connectivity index (χ4n) is 2.16. The maximum Gasteiger partial charge on any atom is 0.256 e. The van der Waals surface area contributed by atoms with Crippen LogP contribution in [0.15, 0.2) is 68.8 Å². The number of benzene rings is 2. The molecule has 1 aromatic heterocycles. The molecule has 6 nitrogen and oxygen atoms in total. The number of aryl methyl sites for hydroxylation is 1. The van der Waals surface area contributed by atoms with E-state index in [1.54, 1.807) is 56.3 Å². The second kappa shape index (κ2) is 6.45. The fraction of sp³-hybridized carbons (Fsp3) is 0.176. The smallest absolute Gasteiger partial charge is 0.256 e. The Kier molecular flexibility index (Phi) is 4.35. The number of hydrogen-bond donors (Lipinski definition) is 0. The average Bonchev–Trinajstić information content (AvgIpc) is 3.03. The van der Waals surface area contributed by atoms with E-state index in [1.165, 1.54) is 12.1 Å². The van der Waals surface area contributed by atoms with Gasteiger partial charge in [0.25, 0.3) is 5.89 Å². The zero-order valence-electron chi connectivity index (χ0n) is 13.2. The van der Waals surface area contributed by atoms with Gasteiger partial charge in [0.1, 0.15) is 5.75 Å². The molecule has 1 atom stereocenters. The molecule has 3 aromatic rings. The van der Waals surface area contributed by atoms with Gasteiger partial charge in [0.05, 0.1) is 9.79 Å². The van der Waals surface area contributed by atoms with Gasteiger partial charge in [-0.05, 0) is 43.3 Å². The first-order chi connectivity index (χ1) is 11.5. The van der Waals surface area contributed by atoms with E-state index in [0.29, 0.717) is 17.5 Å². The fourth-order valence-corrected chi connectivity index (χ4v) is 3.45. The summed E-state index contributed by atoms with van der Waals surface area (Å²) in [4.78, 5) is 0.468. The molecule has 1 unspecified atom stereocenters. The molecular weight excluding hydrogens is 328 g/mol. The molecule has 0 radical (unpaired) electrons. The molecule has 0 saturated heterocycles. The molecule has 0 saturated carbocycles. The summed E-state index contributed by atoms with van der Waals surface area (Å²) in [5.41, 5.74) is 0. The number of aromatic nitrogens is 2. The van der Waals surface area contributed by atoms with Gasteiger partial charge in [0, 0.05) is 6.92 Å². The summed E-state index contributed by atoms with van der Waals surface area (Å²) in [6.45, 7) is 3.48. The van der Waals surface area contributed by atoms with E-state index in [1.807, 2.05) is 0 Å². The third kappa shape index (κ3) is 3.30. The first-order valence-electron chi connectivity index (χ1n) is 7.33. The van der Waals surface area contributed by atoms with Crippen LogP contribution >= 0.6 is 0 Å². The molecule has 124 valence electrons. The van der Waals surface area contributed by atoms with E-state index in [0.717, 1.165) is 0 Å². The minimum Gasteiger partial charge on any atom is -0.481 e. The summed E-state index contributed by atoms with van der Waals surface area (Å²) in [6, 6.07) is 14.5. The topological polar surface area (TPSA) is 82.3 Å². The molecule has 0 fully saturated rings. The predicted octanol–water partition coefficient (Wildman–Crippen LogP) is 3.35. The highest BCUT2D eigenvalue weighted by atomic mass is 32.2. The van der Waals surface area contributed by atoms with Gasteiger partial charge in [-0.1, -0.05) is 18.2 Å². The molecule has 2 aromatic carbocycles. The van der Waals surface area contributed by atoms with Crippen LogP contribution in [0.3, 0.4) is 0 Å². The van der Waals surface area contributed by atoms with Crippen LogP contribution in [0.1, 0.15) is 24.8 Å². The van der Waals surface area contributed by atoms with Crippen molar-refractivity contribution in [3.05, 3.63) is 66.4 Å². The van der Waals surface area contributed by atoms with E-state index in [9.17, 15) is 8.42 Å². The van der Waals surface area contributed by atoms with E-state index in [4.69, 9.17) is 9.15 Å². The second-order valence-corrected chi connectivity index (χ2v) is 7.16. The molecule has 0 aliphatic rings. The average molecular weight is 344 g/mol. The Hall–Kier alpha value is -2.67. The van der Waals surface area contributed by atoms with Crippen molar-refractivity contribution < 1.29 is 17.6 Å². The Morgan fingerprint density at radius 1 is 0.958 bits per heavy atom. The van der Waals surface area contributed by atoms with E-state index in [2.05, 4.69) is 10.2 Å². The number of ether oxygens (including phenoxy) is 1. The zero-order chi connectivity index (χ0) is 17.2. The quantitative estimate of drug-likeness (QED) is 0.706. The Morgan fingerprint density at radius 3 is 2.17 bits per heavy atom. The van der Waals surface area contributed by atoms with Crippen molar-refractivity contribution in [1.82, 2.24) is 10.2 Å². The Morgan fingerprint density at radius 2 is 1.58 bits per heavy atom. The lowest BCUT2D eigenvalue weighted by Crippen LogP contribution is -2.05. The van der Waals surface area contributed by atoms with Crippen LogP contribution in [0.5, 0.6) is 5.75 Å². The van der Waals surface area contributed by atoms with Crippen LogP contribution in [0.2, 0.25) is 0 Å². The zero-order valence-corrected chi connectivity index (χ0v) is 14.0. The second-order valence-electron chi connectivity index (χ2n) is 5.21. The van der Waals surface area contributed by atoms with Crippen molar-refractivity contribution in [2.45, 2.75) is 29.7 Å². The van der Waals surface area contributed by atoms with Gasteiger partial charge in [-0.3, -0.25) is 0 Å². The molecular formula is C17H16N2O4S. The summed E-state index contributed by atoms with van der Waals surface area (Å²) in [6.07, 6.45) is -0.428. The van der Waals surface area contributed by atoms with Crippen LogP contribution in [0.4, 0.5) is 0 Å². The number of rotatable bonds is 5. The normalized spacial score (nSPS) is 12.8. The van der Waals surface area contributed by atoms with E-state index in [-0.39, 0.29) is 9.79 Å². The molecule has 24 heavy (non-hydrogen) atoms. The largest absolute Gasteiger partial charge is 0.481 e. The molecule has 0 N–H and O–H groups in total. The first kappa shape index (κ1) is 16.2. The van der Waals surface area contributed by atoms with Gasteiger partial charge in [0.2, 0.25) is 15.7 Å². The van der Waals surface area contributed by atoms with Gasteiger partial charge in [-0.2, -0.15) is 0 Å². The Bertz CT molecular complexity index is 919. The molecule has 3 rings (SSSR count). The Labute approximate surface area is 140 Å². The van der Waals surface area contributed by atoms with Crippen molar-refractivity contribution in [1.29, 1.82) is 0 Å². The van der Waals surface area contributed by atoms with Crippen molar-refractivity contribution in [2.75, 3.05) is 0 Å². The van der Waals surface area contributed by atoms with Crippen molar-refractivity contribution in [3.8, 4) is 5.75 Å². The summed E-state index contributed by atoms with van der Waals surface area (Å²) >= 11 is 0. The van der Waals surface area contributed by atoms with Gasteiger partial charge in [0.15, 0.2) is 6.10 Å². The lowest BCUT2D eigenvalue weighted by atomic mass is 10.3. The SMILES string of the molecule is Cc1nnc(C(C)Oc2ccc(S(=O)(=O)c3ccccc3)cc2)o1. The van der Waals surface area contributed by atoms with Gasteiger partial charge in [-0.25, -0.2) is 8.42 Å². The molecule has 0 amide bonds. The molecule has 1 heterocycles. The Balaban J connectivity index is 1.78. The van der Waals surface area contributed by atoms with Crippen molar-refractivity contribution in [2.24, 2.45) is 0 Å². The van der Waals surface area contributed by atoms with Crippen LogP contribution in [-0.4, -0.2) is 18.6 Å². The first-order valence-corrected chi connectivity index (χ1v) is 8.82. The molecule has 0 bridgehead atoms. The third-order valence-electron chi connectivity index (χ3n) is 3.39. The highest BCUT2D eigenvalue weighted by Crippen LogP contribution is 2.25. The van der Waals surface area contributed by atoms with Crippen LogP contribution in [-0.2, 0) is 9.84 Å². The standard InChI is InChI=1S/C17H16N2O4S/c1-12(17-19-18-13(2)23-17)22-14-8-10-16(11-9-14)24(20,21)15-6-4-3-5-7-15/h3-12H,1-2H3. The van der Waals surface area contributed by atoms with Crippen LogP contribution < -0.4 is 4.74 Å². The monoisotopic (exact) mass is 344 g/mol. The molecule has 0 aliphatic carbocycles. The highest BCUT2D eigenvalue weighted by molar-refractivity contribution is 7.91. The molecule has 7 heteroatoms. The minimum absolute atomic E-state index is 0.210. The van der Waals surface area contributed by atoms with Gasteiger partial charge >= 0.3 is 0 Å². The summed E-state index contributed by atoms with van der Waals surface area (Å²) in [5.74, 6) is 1.35. The van der Waals surface area contributed by atoms with Crippen molar-refractivity contribution in [3.63, 3.8) is 0 Å². The highest BCUT2D eigenvalue weighted by Gasteiger charge is 2.18. The molecule has 0 aliphatic heterocycles.